The fourth-order valence-electron chi connectivity index (χ4n) is 5.82. The number of phenols is 2. The maximum atomic E-state index is 14.2. The molecule has 0 atom stereocenters. The van der Waals surface area contributed by atoms with E-state index >= 15 is 0 Å². The third-order valence-corrected chi connectivity index (χ3v) is 8.86. The third-order valence-electron chi connectivity index (χ3n) is 8.28. The SMILES string of the molecule is COc1cc(/C=C2\N=C(c3ccccc3)N(c3cc(Cl)c(N4C(=O)/C(=C/c5ccc(O)c(OC)c5)N=C4c4ccccc4)c(Cl)c3)C2=O)ccc1O. The van der Waals surface area contributed by atoms with Gasteiger partial charge in [0.2, 0.25) is 0 Å². The summed E-state index contributed by atoms with van der Waals surface area (Å²) in [4.78, 5) is 40.4. The minimum atomic E-state index is -0.499. The number of hydrogen-bond acceptors (Lipinski definition) is 8. The van der Waals surface area contributed by atoms with Gasteiger partial charge in [-0.2, -0.15) is 0 Å². The van der Waals surface area contributed by atoms with E-state index in [1.165, 1.54) is 36.2 Å². The normalized spacial score (nSPS) is 15.8. The number of ether oxygens (including phenoxy) is 2. The van der Waals surface area contributed by atoms with E-state index in [2.05, 4.69) is 0 Å². The van der Waals surface area contributed by atoms with Gasteiger partial charge in [0, 0.05) is 11.1 Å². The first-order valence-electron chi connectivity index (χ1n) is 15.8. The van der Waals surface area contributed by atoms with Crippen LogP contribution in [0.2, 0.25) is 10.0 Å². The lowest BCUT2D eigenvalue weighted by molar-refractivity contribution is -0.114. The Bertz CT molecular complexity index is 2350. The number of methoxy groups -OCH3 is 2. The fourth-order valence-corrected chi connectivity index (χ4v) is 6.47. The van der Waals surface area contributed by atoms with Crippen molar-refractivity contribution in [2.24, 2.45) is 9.98 Å². The summed E-state index contributed by atoms with van der Waals surface area (Å²) in [6, 6.07) is 30.8. The summed E-state index contributed by atoms with van der Waals surface area (Å²) in [7, 11) is 2.87. The Morgan fingerprint density at radius 1 is 0.596 bits per heavy atom. The van der Waals surface area contributed by atoms with Crippen LogP contribution >= 0.6 is 23.2 Å². The molecule has 5 aromatic rings. The molecule has 0 fully saturated rings. The van der Waals surface area contributed by atoms with E-state index in [1.807, 2.05) is 60.7 Å². The number of anilines is 2. The summed E-state index contributed by atoms with van der Waals surface area (Å²) in [6.07, 6.45) is 3.17. The number of aromatic hydroxyl groups is 2. The van der Waals surface area contributed by atoms with Crippen LogP contribution in [0.25, 0.3) is 12.2 Å². The van der Waals surface area contributed by atoms with Gasteiger partial charge in [-0.1, -0.05) is 96.0 Å². The van der Waals surface area contributed by atoms with Crippen molar-refractivity contribution >= 4 is 70.2 Å². The molecule has 12 heteroatoms. The molecule has 10 nitrogen and oxygen atoms in total. The van der Waals surface area contributed by atoms with E-state index in [0.29, 0.717) is 33.8 Å². The van der Waals surface area contributed by atoms with Crippen molar-refractivity contribution < 1.29 is 29.3 Å². The van der Waals surface area contributed by atoms with Gasteiger partial charge in [-0.15, -0.1) is 0 Å². The molecule has 2 N–H and O–H groups in total. The quantitative estimate of drug-likeness (QED) is 0.156. The summed E-state index contributed by atoms with van der Waals surface area (Å²) < 4.78 is 10.5. The number of hydrogen-bond donors (Lipinski definition) is 2. The predicted octanol–water partition coefficient (Wildman–Crippen LogP) is 8.09. The van der Waals surface area contributed by atoms with Crippen molar-refractivity contribution in [1.29, 1.82) is 0 Å². The Hall–Kier alpha value is -6.36. The van der Waals surface area contributed by atoms with Gasteiger partial charge in [-0.3, -0.25) is 19.4 Å². The molecule has 0 aromatic heterocycles. The standard InChI is InChI=1S/C40H28Cl2N4O6/c1-51-34-19-23(13-15-32(34)47)17-30-39(49)45(37(43-30)25-9-5-3-6-10-25)27-21-28(41)36(29(42)22-27)46-38(26-11-7-4-8-12-26)44-31(40(46)50)18-24-14-16-33(48)35(20-24)52-2/h3-22,47-48H,1-2H3/b30-17-,31-18-. The monoisotopic (exact) mass is 730 g/mol. The number of phenolic OH excluding ortho intramolecular Hbond substituents is 2. The van der Waals surface area contributed by atoms with Crippen molar-refractivity contribution in [2.75, 3.05) is 24.0 Å². The first-order valence-corrected chi connectivity index (χ1v) is 16.6. The molecular weight excluding hydrogens is 703 g/mol. The first kappa shape index (κ1) is 34.1. The molecule has 0 spiro atoms. The highest BCUT2D eigenvalue weighted by atomic mass is 35.5. The van der Waals surface area contributed by atoms with Crippen LogP contribution in [0, 0.1) is 0 Å². The summed E-state index contributed by atoms with van der Waals surface area (Å²) in [5.41, 5.74) is 3.14. The maximum Gasteiger partial charge on any atom is 0.282 e. The number of carbonyl (C=O) groups excluding carboxylic acids is 2. The number of nitrogens with zero attached hydrogens (tertiary/aromatic N) is 4. The average molecular weight is 732 g/mol. The Morgan fingerprint density at radius 3 is 1.46 bits per heavy atom. The van der Waals surface area contributed by atoms with E-state index in [-0.39, 0.29) is 56.0 Å². The third kappa shape index (κ3) is 6.37. The number of amidine groups is 2. The molecule has 2 aliphatic rings. The van der Waals surface area contributed by atoms with E-state index in [4.69, 9.17) is 42.7 Å². The molecule has 2 heterocycles. The van der Waals surface area contributed by atoms with Crippen LogP contribution in [0.1, 0.15) is 22.3 Å². The van der Waals surface area contributed by atoms with Gasteiger partial charge >= 0.3 is 0 Å². The fraction of sp³-hybridized carbons (Fsp3) is 0.0500. The molecule has 0 saturated carbocycles. The Labute approximate surface area is 308 Å². The Balaban J connectivity index is 1.31. The molecule has 0 bridgehead atoms. The molecule has 2 aliphatic heterocycles. The lowest BCUT2D eigenvalue weighted by atomic mass is 10.1. The smallest absolute Gasteiger partial charge is 0.282 e. The van der Waals surface area contributed by atoms with Crippen molar-refractivity contribution in [3.8, 4) is 23.0 Å². The molecule has 258 valence electrons. The van der Waals surface area contributed by atoms with E-state index in [1.54, 1.807) is 48.6 Å². The van der Waals surface area contributed by atoms with E-state index in [0.717, 1.165) is 0 Å². The van der Waals surface area contributed by atoms with Crippen molar-refractivity contribution in [3.63, 3.8) is 0 Å². The van der Waals surface area contributed by atoms with Gasteiger partial charge in [0.15, 0.2) is 23.0 Å². The van der Waals surface area contributed by atoms with Gasteiger partial charge in [-0.25, -0.2) is 9.98 Å². The van der Waals surface area contributed by atoms with Crippen molar-refractivity contribution in [3.05, 3.63) is 153 Å². The maximum absolute atomic E-state index is 14.2. The van der Waals surface area contributed by atoms with Crippen LogP contribution in [-0.4, -0.2) is 47.9 Å². The first-order chi connectivity index (χ1) is 25.2. The van der Waals surface area contributed by atoms with Crippen molar-refractivity contribution in [1.82, 2.24) is 0 Å². The van der Waals surface area contributed by atoms with Crippen molar-refractivity contribution in [2.45, 2.75) is 0 Å². The molecular formula is C40H28Cl2N4O6. The highest BCUT2D eigenvalue weighted by molar-refractivity contribution is 6.45. The number of benzene rings is 5. The second kappa shape index (κ2) is 14.1. The lowest BCUT2D eigenvalue weighted by Crippen LogP contribution is -2.34. The zero-order valence-corrected chi connectivity index (χ0v) is 29.1. The zero-order valence-electron chi connectivity index (χ0n) is 27.6. The summed E-state index contributed by atoms with van der Waals surface area (Å²) >= 11 is 14.0. The highest BCUT2D eigenvalue weighted by Gasteiger charge is 2.37. The molecule has 0 aliphatic carbocycles. The predicted molar refractivity (Wildman–Crippen MR) is 203 cm³/mol. The second-order valence-electron chi connectivity index (χ2n) is 11.6. The van der Waals surface area contributed by atoms with E-state index < -0.39 is 11.8 Å². The molecule has 52 heavy (non-hydrogen) atoms. The Kier molecular flexibility index (Phi) is 9.25. The number of rotatable bonds is 8. The second-order valence-corrected chi connectivity index (χ2v) is 12.4. The van der Waals surface area contributed by atoms with Crippen LogP contribution in [0.15, 0.2) is 131 Å². The number of aliphatic imine (C=N–C) groups is 2. The van der Waals surface area contributed by atoms with Crippen LogP contribution in [0.4, 0.5) is 11.4 Å². The minimum absolute atomic E-state index is 0.0398. The summed E-state index contributed by atoms with van der Waals surface area (Å²) in [5, 5.41) is 20.3. The molecule has 2 amide bonds. The highest BCUT2D eigenvalue weighted by Crippen LogP contribution is 2.43. The molecule has 7 rings (SSSR count). The lowest BCUT2D eigenvalue weighted by Gasteiger charge is -2.24. The van der Waals surface area contributed by atoms with Gasteiger partial charge in [0.25, 0.3) is 11.8 Å². The van der Waals surface area contributed by atoms with Crippen LogP contribution in [0.5, 0.6) is 23.0 Å². The summed E-state index contributed by atoms with van der Waals surface area (Å²) in [5.74, 6) is 0.0662. The van der Waals surface area contributed by atoms with Crippen LogP contribution in [-0.2, 0) is 9.59 Å². The minimum Gasteiger partial charge on any atom is -0.504 e. The van der Waals surface area contributed by atoms with E-state index in [9.17, 15) is 19.8 Å². The molecule has 5 aromatic carbocycles. The van der Waals surface area contributed by atoms with Gasteiger partial charge < -0.3 is 19.7 Å². The van der Waals surface area contributed by atoms with Gasteiger partial charge in [0.1, 0.15) is 23.1 Å². The average Bonchev–Trinajstić information content (AvgIpc) is 3.65. The number of amides is 2. The van der Waals surface area contributed by atoms with Crippen LogP contribution in [0.3, 0.4) is 0 Å². The number of carbonyl (C=O) groups is 2. The number of halogens is 2. The van der Waals surface area contributed by atoms with Gasteiger partial charge in [0.05, 0.1) is 35.6 Å². The largest absolute Gasteiger partial charge is 0.504 e. The molecule has 0 unspecified atom stereocenters. The molecule has 0 radical (unpaired) electrons. The Morgan fingerprint density at radius 2 is 1.02 bits per heavy atom. The van der Waals surface area contributed by atoms with Crippen LogP contribution < -0.4 is 19.3 Å². The molecule has 0 saturated heterocycles. The van der Waals surface area contributed by atoms with Gasteiger partial charge in [-0.05, 0) is 59.7 Å². The zero-order chi connectivity index (χ0) is 36.5. The summed E-state index contributed by atoms with van der Waals surface area (Å²) in [6.45, 7) is 0. The topological polar surface area (TPSA) is 124 Å².